The van der Waals surface area contributed by atoms with Crippen LogP contribution < -0.4 is 4.74 Å². The Labute approximate surface area is 99.4 Å². The number of halogens is 1. The van der Waals surface area contributed by atoms with Gasteiger partial charge in [-0.15, -0.1) is 0 Å². The lowest BCUT2D eigenvalue weighted by Crippen LogP contribution is -1.99. The van der Waals surface area contributed by atoms with E-state index < -0.39 is 5.82 Å². The third-order valence-electron chi connectivity index (χ3n) is 2.32. The molecule has 0 spiro atoms. The van der Waals surface area contributed by atoms with Gasteiger partial charge < -0.3 is 4.74 Å². The van der Waals surface area contributed by atoms with E-state index in [1.54, 1.807) is 6.08 Å². The van der Waals surface area contributed by atoms with Crippen LogP contribution in [-0.4, -0.2) is 4.98 Å². The van der Waals surface area contributed by atoms with Gasteiger partial charge in [-0.25, -0.2) is 9.37 Å². The van der Waals surface area contributed by atoms with Crippen molar-refractivity contribution in [3.05, 3.63) is 66.1 Å². The summed E-state index contributed by atoms with van der Waals surface area (Å²) in [7, 11) is 0. The molecule has 0 unspecified atom stereocenters. The first-order valence-electron chi connectivity index (χ1n) is 5.24. The van der Waals surface area contributed by atoms with Gasteiger partial charge in [0.1, 0.15) is 6.61 Å². The zero-order valence-corrected chi connectivity index (χ0v) is 9.27. The largest absolute Gasteiger partial charge is 0.471 e. The summed E-state index contributed by atoms with van der Waals surface area (Å²) >= 11 is 0. The molecule has 0 saturated heterocycles. The van der Waals surface area contributed by atoms with Crippen LogP contribution in [0.15, 0.2) is 49.2 Å². The van der Waals surface area contributed by atoms with Crippen LogP contribution >= 0.6 is 0 Å². The summed E-state index contributed by atoms with van der Waals surface area (Å²) < 4.78 is 18.5. The van der Waals surface area contributed by atoms with Crippen LogP contribution in [0.1, 0.15) is 11.1 Å². The second-order valence-electron chi connectivity index (χ2n) is 3.52. The van der Waals surface area contributed by atoms with Gasteiger partial charge >= 0.3 is 0 Å². The Kier molecular flexibility index (Phi) is 3.50. The number of nitrogens with zero attached hydrogens (tertiary/aromatic N) is 1. The quantitative estimate of drug-likeness (QED) is 0.801. The van der Waals surface area contributed by atoms with Gasteiger partial charge in [0.25, 0.3) is 5.88 Å². The Bertz CT molecular complexity index is 508. The summed E-state index contributed by atoms with van der Waals surface area (Å²) in [5, 5.41) is 0. The van der Waals surface area contributed by atoms with Crippen molar-refractivity contribution in [1.82, 2.24) is 4.98 Å². The summed E-state index contributed by atoms with van der Waals surface area (Å²) in [5.41, 5.74) is 2.00. The van der Waals surface area contributed by atoms with Gasteiger partial charge in [-0.2, -0.15) is 0 Å². The van der Waals surface area contributed by atoms with Gasteiger partial charge in [-0.1, -0.05) is 36.9 Å². The molecule has 0 atom stereocenters. The number of benzene rings is 1. The number of ether oxygens (including phenoxy) is 1. The van der Waals surface area contributed by atoms with Crippen molar-refractivity contribution in [3.63, 3.8) is 0 Å². The molecule has 0 radical (unpaired) electrons. The van der Waals surface area contributed by atoms with Crippen LogP contribution in [-0.2, 0) is 6.61 Å². The van der Waals surface area contributed by atoms with E-state index >= 15 is 0 Å². The predicted molar refractivity (Wildman–Crippen MR) is 65.1 cm³/mol. The normalized spacial score (nSPS) is 9.94. The van der Waals surface area contributed by atoms with E-state index in [1.165, 1.54) is 18.3 Å². The van der Waals surface area contributed by atoms with Gasteiger partial charge in [0.15, 0.2) is 5.82 Å². The molecule has 0 amide bonds. The molecule has 0 aliphatic heterocycles. The molecule has 0 fully saturated rings. The van der Waals surface area contributed by atoms with Crippen molar-refractivity contribution in [2.24, 2.45) is 0 Å². The number of aromatic nitrogens is 1. The number of hydrogen-bond donors (Lipinski definition) is 0. The van der Waals surface area contributed by atoms with E-state index in [1.807, 2.05) is 24.3 Å². The van der Waals surface area contributed by atoms with Gasteiger partial charge in [-0.3, -0.25) is 0 Å². The molecule has 0 aliphatic rings. The fourth-order valence-corrected chi connectivity index (χ4v) is 1.38. The van der Waals surface area contributed by atoms with E-state index in [9.17, 15) is 4.39 Å². The van der Waals surface area contributed by atoms with Gasteiger partial charge in [0.2, 0.25) is 0 Å². The first kappa shape index (κ1) is 11.3. The highest BCUT2D eigenvalue weighted by Gasteiger charge is 2.03. The predicted octanol–water partition coefficient (Wildman–Crippen LogP) is 3.44. The summed E-state index contributed by atoms with van der Waals surface area (Å²) in [6.45, 7) is 3.97. The molecule has 1 aromatic heterocycles. The Morgan fingerprint density at radius 2 is 2.00 bits per heavy atom. The highest BCUT2D eigenvalue weighted by atomic mass is 19.1. The number of rotatable bonds is 4. The van der Waals surface area contributed by atoms with Crippen molar-refractivity contribution in [1.29, 1.82) is 0 Å². The Morgan fingerprint density at radius 3 is 2.65 bits per heavy atom. The molecule has 0 saturated carbocycles. The smallest absolute Gasteiger partial charge is 0.250 e. The van der Waals surface area contributed by atoms with Gasteiger partial charge in [0, 0.05) is 6.20 Å². The molecule has 0 N–H and O–H groups in total. The maximum absolute atomic E-state index is 13.2. The molecule has 1 heterocycles. The lowest BCUT2D eigenvalue weighted by molar-refractivity contribution is 0.277. The average Bonchev–Trinajstić information content (AvgIpc) is 2.38. The molecule has 2 nitrogen and oxygen atoms in total. The molecular formula is C14H12FNO. The first-order valence-corrected chi connectivity index (χ1v) is 5.24. The zero-order valence-electron chi connectivity index (χ0n) is 9.27. The Balaban J connectivity index is 2.02. The third-order valence-corrected chi connectivity index (χ3v) is 2.32. The van der Waals surface area contributed by atoms with Gasteiger partial charge in [-0.05, 0) is 23.3 Å². The molecule has 17 heavy (non-hydrogen) atoms. The van der Waals surface area contributed by atoms with E-state index in [-0.39, 0.29) is 5.88 Å². The Hall–Kier alpha value is -2.16. The Morgan fingerprint density at radius 1 is 1.24 bits per heavy atom. The lowest BCUT2D eigenvalue weighted by atomic mass is 10.1. The summed E-state index contributed by atoms with van der Waals surface area (Å²) in [6.07, 6.45) is 3.27. The molecule has 2 aromatic rings. The van der Waals surface area contributed by atoms with E-state index in [0.717, 1.165) is 11.1 Å². The molecule has 86 valence electrons. The van der Waals surface area contributed by atoms with E-state index in [4.69, 9.17) is 4.74 Å². The maximum Gasteiger partial charge on any atom is 0.250 e. The fourth-order valence-electron chi connectivity index (χ4n) is 1.38. The summed E-state index contributed by atoms with van der Waals surface area (Å²) in [4.78, 5) is 3.81. The minimum atomic E-state index is -0.449. The second kappa shape index (κ2) is 5.25. The molecule has 2 rings (SSSR count). The molecule has 0 bridgehead atoms. The van der Waals surface area contributed by atoms with E-state index in [0.29, 0.717) is 6.61 Å². The van der Waals surface area contributed by atoms with Gasteiger partial charge in [0.05, 0.1) is 0 Å². The van der Waals surface area contributed by atoms with Crippen molar-refractivity contribution in [2.75, 3.05) is 0 Å². The number of pyridine rings is 1. The molecule has 0 aliphatic carbocycles. The van der Waals surface area contributed by atoms with Crippen LogP contribution in [0.2, 0.25) is 0 Å². The maximum atomic E-state index is 13.2. The van der Waals surface area contributed by atoms with Crippen molar-refractivity contribution in [2.45, 2.75) is 6.61 Å². The topological polar surface area (TPSA) is 22.1 Å². The highest BCUT2D eigenvalue weighted by Crippen LogP contribution is 2.14. The molecular weight excluding hydrogens is 217 g/mol. The lowest BCUT2D eigenvalue weighted by Gasteiger charge is -2.06. The summed E-state index contributed by atoms with van der Waals surface area (Å²) in [6, 6.07) is 10.5. The third kappa shape index (κ3) is 2.91. The van der Waals surface area contributed by atoms with E-state index in [2.05, 4.69) is 11.6 Å². The molecule has 1 aromatic carbocycles. The van der Waals surface area contributed by atoms with Crippen molar-refractivity contribution >= 4 is 6.08 Å². The second-order valence-corrected chi connectivity index (χ2v) is 3.52. The monoisotopic (exact) mass is 229 g/mol. The van der Waals surface area contributed by atoms with Crippen LogP contribution in [0.3, 0.4) is 0 Å². The van der Waals surface area contributed by atoms with Crippen LogP contribution in [0.25, 0.3) is 6.08 Å². The van der Waals surface area contributed by atoms with Crippen LogP contribution in [0, 0.1) is 5.82 Å². The first-order chi connectivity index (χ1) is 8.29. The minimum Gasteiger partial charge on any atom is -0.471 e. The zero-order chi connectivity index (χ0) is 12.1. The van der Waals surface area contributed by atoms with Crippen molar-refractivity contribution in [3.8, 4) is 5.88 Å². The summed E-state index contributed by atoms with van der Waals surface area (Å²) in [5.74, 6) is -0.421. The van der Waals surface area contributed by atoms with Crippen molar-refractivity contribution < 1.29 is 9.13 Å². The fraction of sp³-hybridized carbons (Fsp3) is 0.0714. The number of hydrogen-bond acceptors (Lipinski definition) is 2. The minimum absolute atomic E-state index is 0.0281. The highest BCUT2D eigenvalue weighted by molar-refractivity contribution is 5.47. The van der Waals surface area contributed by atoms with Crippen LogP contribution in [0.4, 0.5) is 4.39 Å². The SMILES string of the molecule is C=Cc1ccc(COc2ncccc2F)cc1. The molecule has 3 heteroatoms. The average molecular weight is 229 g/mol. The van der Waals surface area contributed by atoms with Crippen LogP contribution in [0.5, 0.6) is 5.88 Å². The standard InChI is InChI=1S/C14H12FNO/c1-2-11-5-7-12(8-6-11)10-17-14-13(15)4-3-9-16-14/h2-9H,1,10H2.